The third-order valence-corrected chi connectivity index (χ3v) is 4.02. The van der Waals surface area contributed by atoms with Crippen molar-refractivity contribution in [3.05, 3.63) is 23.8 Å². The second-order valence-corrected chi connectivity index (χ2v) is 6.39. The second-order valence-electron chi connectivity index (χ2n) is 5.40. The van der Waals surface area contributed by atoms with Crippen molar-refractivity contribution in [2.24, 2.45) is 4.99 Å². The predicted molar refractivity (Wildman–Crippen MR) is 104 cm³/mol. The Bertz CT molecular complexity index is 579. The normalized spacial score (nSPS) is 11.0. The predicted octanol–water partition coefficient (Wildman–Crippen LogP) is 1.19. The number of carbonyl (C=O) groups is 1. The number of benzene rings is 1. The Hall–Kier alpha value is -2.09. The number of guanidine groups is 1. The fraction of sp³-hybridized carbons (Fsp3) is 0.529. The first-order valence-corrected chi connectivity index (χ1v) is 9.33. The summed E-state index contributed by atoms with van der Waals surface area (Å²) in [6.45, 7) is 1.39. The number of hydrogen-bond acceptors (Lipinski definition) is 5. The average Bonchev–Trinajstić information content (AvgIpc) is 2.62. The van der Waals surface area contributed by atoms with Crippen molar-refractivity contribution in [3.8, 4) is 11.5 Å². The van der Waals surface area contributed by atoms with Crippen molar-refractivity contribution in [1.29, 1.82) is 0 Å². The van der Waals surface area contributed by atoms with Crippen LogP contribution >= 0.6 is 11.8 Å². The molecule has 140 valence electrons. The molecular weight excluding hydrogens is 340 g/mol. The van der Waals surface area contributed by atoms with Gasteiger partial charge >= 0.3 is 0 Å². The minimum atomic E-state index is -0.0126. The molecule has 0 aliphatic heterocycles. The molecule has 0 spiro atoms. The zero-order valence-electron chi connectivity index (χ0n) is 15.6. The number of likely N-dealkylation sites (N-methyl/N-ethyl adjacent to an activating group) is 1. The van der Waals surface area contributed by atoms with Crippen LogP contribution < -0.4 is 20.1 Å². The van der Waals surface area contributed by atoms with Crippen LogP contribution in [0.15, 0.2) is 23.2 Å². The fourth-order valence-corrected chi connectivity index (χ4v) is 2.22. The lowest BCUT2D eigenvalue weighted by atomic mass is 10.2. The smallest absolute Gasteiger partial charge is 0.241 e. The molecule has 0 radical (unpaired) electrons. The molecule has 25 heavy (non-hydrogen) atoms. The van der Waals surface area contributed by atoms with E-state index in [4.69, 9.17) is 9.47 Å². The van der Waals surface area contributed by atoms with Gasteiger partial charge in [-0.1, -0.05) is 0 Å². The Morgan fingerprint density at radius 3 is 2.60 bits per heavy atom. The number of hydrogen-bond donors (Lipinski definition) is 2. The van der Waals surface area contributed by atoms with Gasteiger partial charge < -0.3 is 25.0 Å². The summed E-state index contributed by atoms with van der Waals surface area (Å²) in [5.41, 5.74) is 0.938. The molecule has 8 heteroatoms. The van der Waals surface area contributed by atoms with Gasteiger partial charge in [-0.25, -0.2) is 4.99 Å². The van der Waals surface area contributed by atoms with Crippen molar-refractivity contribution in [2.45, 2.75) is 6.54 Å². The Morgan fingerprint density at radius 2 is 2.00 bits per heavy atom. The van der Waals surface area contributed by atoms with E-state index in [2.05, 4.69) is 15.6 Å². The van der Waals surface area contributed by atoms with Gasteiger partial charge in [0.25, 0.3) is 0 Å². The maximum atomic E-state index is 11.8. The van der Waals surface area contributed by atoms with E-state index < -0.39 is 0 Å². The summed E-state index contributed by atoms with van der Waals surface area (Å²) in [6.07, 6.45) is 2.05. The molecule has 0 aliphatic rings. The third-order valence-electron chi connectivity index (χ3n) is 3.41. The van der Waals surface area contributed by atoms with Crippen molar-refractivity contribution in [3.63, 3.8) is 0 Å². The first kappa shape index (κ1) is 21.0. The van der Waals surface area contributed by atoms with Crippen LogP contribution in [-0.4, -0.2) is 70.2 Å². The lowest BCUT2D eigenvalue weighted by molar-refractivity contribution is -0.127. The van der Waals surface area contributed by atoms with Gasteiger partial charge in [-0.2, -0.15) is 11.8 Å². The number of nitrogens with one attached hydrogen (secondary N) is 2. The molecule has 0 heterocycles. The summed E-state index contributed by atoms with van der Waals surface area (Å²) in [6, 6.07) is 5.62. The maximum absolute atomic E-state index is 11.8. The number of ether oxygens (including phenoxy) is 2. The summed E-state index contributed by atoms with van der Waals surface area (Å²) in [4.78, 5) is 17.9. The number of amides is 1. The standard InChI is InChI=1S/C17H28N4O3S/c1-21(2)16(22)12-20-17(18-8-9-25-5)19-11-13-6-7-14(23-3)10-15(13)24-4/h6-7,10H,8-9,11-12H2,1-5H3,(H2,18,19,20). The zero-order chi connectivity index (χ0) is 18.7. The number of nitrogens with zero attached hydrogens (tertiary/aromatic N) is 2. The number of carbonyl (C=O) groups excluding carboxylic acids is 1. The highest BCUT2D eigenvalue weighted by Crippen LogP contribution is 2.25. The van der Waals surface area contributed by atoms with Crippen LogP contribution in [0.1, 0.15) is 5.56 Å². The molecule has 0 saturated carbocycles. The van der Waals surface area contributed by atoms with E-state index in [1.807, 2.05) is 24.5 Å². The molecule has 0 unspecified atom stereocenters. The molecule has 7 nitrogen and oxygen atoms in total. The molecule has 0 saturated heterocycles. The van der Waals surface area contributed by atoms with Gasteiger partial charge in [0.1, 0.15) is 11.5 Å². The van der Waals surface area contributed by atoms with Crippen LogP contribution in [0.2, 0.25) is 0 Å². The van der Waals surface area contributed by atoms with Crippen LogP contribution in [0.25, 0.3) is 0 Å². The van der Waals surface area contributed by atoms with Crippen LogP contribution in [0.5, 0.6) is 11.5 Å². The summed E-state index contributed by atoms with van der Waals surface area (Å²) >= 11 is 1.74. The molecule has 1 aromatic rings. The van der Waals surface area contributed by atoms with E-state index in [9.17, 15) is 4.79 Å². The van der Waals surface area contributed by atoms with Crippen LogP contribution in [-0.2, 0) is 11.3 Å². The SMILES string of the molecule is COc1ccc(CN=C(NCCSC)NCC(=O)N(C)C)c(OC)c1. The number of methoxy groups -OCH3 is 2. The average molecular weight is 369 g/mol. The maximum Gasteiger partial charge on any atom is 0.241 e. The third kappa shape index (κ3) is 7.55. The molecule has 1 amide bonds. The van der Waals surface area contributed by atoms with E-state index in [0.29, 0.717) is 12.5 Å². The lowest BCUT2D eigenvalue weighted by Crippen LogP contribution is -2.43. The second kappa shape index (κ2) is 11.5. The molecule has 1 rings (SSSR count). The first-order valence-electron chi connectivity index (χ1n) is 7.94. The molecule has 0 fully saturated rings. The van der Waals surface area contributed by atoms with E-state index in [1.165, 1.54) is 0 Å². The Morgan fingerprint density at radius 1 is 1.24 bits per heavy atom. The summed E-state index contributed by atoms with van der Waals surface area (Å²) in [7, 11) is 6.69. The molecule has 0 bridgehead atoms. The van der Waals surface area contributed by atoms with Gasteiger partial charge in [0.05, 0.1) is 27.3 Å². The van der Waals surface area contributed by atoms with Gasteiger partial charge in [0.2, 0.25) is 5.91 Å². The Labute approximate surface area is 154 Å². The number of aliphatic imine (C=N–C) groups is 1. The van der Waals surface area contributed by atoms with E-state index >= 15 is 0 Å². The first-order chi connectivity index (χ1) is 12.0. The van der Waals surface area contributed by atoms with Crippen LogP contribution in [0.3, 0.4) is 0 Å². The Balaban J connectivity index is 2.80. The highest BCUT2D eigenvalue weighted by molar-refractivity contribution is 7.98. The lowest BCUT2D eigenvalue weighted by Gasteiger charge is -2.15. The van der Waals surface area contributed by atoms with Crippen LogP contribution in [0.4, 0.5) is 0 Å². The molecule has 0 aliphatic carbocycles. The molecule has 0 aromatic heterocycles. The van der Waals surface area contributed by atoms with E-state index in [0.717, 1.165) is 29.4 Å². The molecule has 2 N–H and O–H groups in total. The quantitative estimate of drug-likeness (QED) is 0.387. The van der Waals surface area contributed by atoms with Gasteiger partial charge in [0, 0.05) is 38.0 Å². The van der Waals surface area contributed by atoms with Crippen LogP contribution in [0, 0.1) is 0 Å². The summed E-state index contributed by atoms with van der Waals surface area (Å²) < 4.78 is 10.6. The van der Waals surface area contributed by atoms with E-state index in [-0.39, 0.29) is 12.5 Å². The highest BCUT2D eigenvalue weighted by atomic mass is 32.2. The summed E-state index contributed by atoms with van der Waals surface area (Å²) in [5, 5.41) is 6.29. The van der Waals surface area contributed by atoms with Gasteiger partial charge in [-0.05, 0) is 18.4 Å². The fourth-order valence-electron chi connectivity index (χ4n) is 1.91. The minimum absolute atomic E-state index is 0.0126. The van der Waals surface area contributed by atoms with Crippen molar-refractivity contribution < 1.29 is 14.3 Å². The van der Waals surface area contributed by atoms with Crippen molar-refractivity contribution >= 4 is 23.6 Å². The van der Waals surface area contributed by atoms with Gasteiger partial charge in [0.15, 0.2) is 5.96 Å². The topological polar surface area (TPSA) is 75.2 Å². The van der Waals surface area contributed by atoms with Crippen molar-refractivity contribution in [1.82, 2.24) is 15.5 Å². The Kier molecular flexibility index (Phi) is 9.61. The minimum Gasteiger partial charge on any atom is -0.497 e. The van der Waals surface area contributed by atoms with Crippen molar-refractivity contribution in [2.75, 3.05) is 53.4 Å². The zero-order valence-corrected chi connectivity index (χ0v) is 16.4. The monoisotopic (exact) mass is 368 g/mol. The summed E-state index contributed by atoms with van der Waals surface area (Å²) in [5.74, 6) is 2.99. The molecule has 0 atom stereocenters. The van der Waals surface area contributed by atoms with E-state index in [1.54, 1.807) is 45.0 Å². The number of thioether (sulfide) groups is 1. The number of rotatable bonds is 9. The highest BCUT2D eigenvalue weighted by Gasteiger charge is 2.08. The molecule has 1 aromatic carbocycles. The largest absolute Gasteiger partial charge is 0.497 e. The molecular formula is C17H28N4O3S. The van der Waals surface area contributed by atoms with Gasteiger partial charge in [-0.3, -0.25) is 4.79 Å². The van der Waals surface area contributed by atoms with Gasteiger partial charge in [-0.15, -0.1) is 0 Å².